The van der Waals surface area contributed by atoms with E-state index in [2.05, 4.69) is 25.4 Å². The van der Waals surface area contributed by atoms with Crippen LogP contribution in [0.25, 0.3) is 0 Å². The van der Waals surface area contributed by atoms with Crippen molar-refractivity contribution >= 4 is 40.4 Å². The largest absolute Gasteiger partial charge is 0.486 e. The fourth-order valence-corrected chi connectivity index (χ4v) is 5.32. The molecule has 2 fully saturated rings. The van der Waals surface area contributed by atoms with Crippen LogP contribution in [0.4, 0.5) is 11.5 Å². The number of rotatable bonds is 6. The molecular weight excluding hydrogens is 473 g/mol. The lowest BCUT2D eigenvalue weighted by atomic mass is 9.88. The smallest absolute Gasteiger partial charge is 0.151 e. The lowest BCUT2D eigenvalue weighted by Crippen LogP contribution is -2.67. The van der Waals surface area contributed by atoms with E-state index < -0.39 is 6.10 Å². The molecule has 3 aromatic rings. The molecule has 5 rings (SSSR count). The first kappa shape index (κ1) is 22.8. The van der Waals surface area contributed by atoms with Gasteiger partial charge in [0.2, 0.25) is 0 Å². The predicted octanol–water partition coefficient (Wildman–Crippen LogP) is 4.26. The van der Waals surface area contributed by atoms with Crippen molar-refractivity contribution in [1.29, 1.82) is 5.41 Å². The number of halogens is 2. The zero-order valence-corrected chi connectivity index (χ0v) is 20.2. The summed E-state index contributed by atoms with van der Waals surface area (Å²) in [6.07, 6.45) is 5.05. The van der Waals surface area contributed by atoms with E-state index in [1.807, 2.05) is 19.1 Å². The number of aromatic nitrogens is 3. The summed E-state index contributed by atoms with van der Waals surface area (Å²) in [5, 5.41) is 21.8. The van der Waals surface area contributed by atoms with Crippen LogP contribution in [0, 0.1) is 5.41 Å². The summed E-state index contributed by atoms with van der Waals surface area (Å²) < 4.78 is 6.06. The van der Waals surface area contributed by atoms with Gasteiger partial charge in [-0.2, -0.15) is 0 Å². The maximum Gasteiger partial charge on any atom is 0.151 e. The van der Waals surface area contributed by atoms with E-state index >= 15 is 0 Å². The van der Waals surface area contributed by atoms with E-state index in [1.54, 1.807) is 18.2 Å². The highest BCUT2D eigenvalue weighted by Crippen LogP contribution is 2.34. The summed E-state index contributed by atoms with van der Waals surface area (Å²) in [5.74, 6) is 1.35. The first-order valence-electron chi connectivity index (χ1n) is 11.1. The second-order valence-electron chi connectivity index (χ2n) is 8.84. The van der Waals surface area contributed by atoms with Crippen LogP contribution in [0.1, 0.15) is 42.7 Å². The van der Waals surface area contributed by atoms with E-state index in [-0.39, 0.29) is 11.3 Å². The number of nitrogens with one attached hydrogen (secondary N) is 2. The molecule has 176 valence electrons. The molecule has 1 spiro atoms. The fourth-order valence-electron chi connectivity index (χ4n) is 4.65. The van der Waals surface area contributed by atoms with Crippen LogP contribution in [0.5, 0.6) is 5.75 Å². The number of hydrogen-bond donors (Lipinski definition) is 3. The summed E-state index contributed by atoms with van der Waals surface area (Å²) in [6, 6.07) is 8.89. The SMILES string of the molecule is C[C@@H](Oc1ccc(N)c(C(=N)c2ccc(N3CC4(CCCN4)C3)nn2)c1)c1c(Cl)cncc1Cl. The molecule has 2 saturated heterocycles. The summed E-state index contributed by atoms with van der Waals surface area (Å²) >= 11 is 12.5. The number of nitrogens with zero attached hydrogens (tertiary/aromatic N) is 4. The van der Waals surface area contributed by atoms with Crippen LogP contribution in [0.2, 0.25) is 10.0 Å². The van der Waals surface area contributed by atoms with Gasteiger partial charge in [0.05, 0.1) is 21.3 Å². The lowest BCUT2D eigenvalue weighted by Gasteiger charge is -2.48. The zero-order valence-electron chi connectivity index (χ0n) is 18.7. The Bertz CT molecular complexity index is 1200. The molecule has 10 heteroatoms. The van der Waals surface area contributed by atoms with E-state index in [0.29, 0.717) is 38.3 Å². The first-order valence-corrected chi connectivity index (χ1v) is 11.9. The highest BCUT2D eigenvalue weighted by molar-refractivity contribution is 6.35. The Morgan fingerprint density at radius 2 is 1.94 bits per heavy atom. The van der Waals surface area contributed by atoms with E-state index in [9.17, 15) is 0 Å². The van der Waals surface area contributed by atoms with Gasteiger partial charge in [0.1, 0.15) is 17.5 Å². The molecule has 0 radical (unpaired) electrons. The zero-order chi connectivity index (χ0) is 23.9. The van der Waals surface area contributed by atoms with E-state index in [4.69, 9.17) is 39.1 Å². The van der Waals surface area contributed by atoms with Gasteiger partial charge < -0.3 is 20.7 Å². The quantitative estimate of drug-likeness (QED) is 0.344. The number of nitrogen functional groups attached to an aromatic ring is 1. The van der Waals surface area contributed by atoms with Gasteiger partial charge in [0.15, 0.2) is 5.82 Å². The Labute approximate surface area is 208 Å². The topological polar surface area (TPSA) is 113 Å². The third-order valence-electron chi connectivity index (χ3n) is 6.45. The number of pyridine rings is 1. The van der Waals surface area contributed by atoms with Gasteiger partial charge in [-0.15, -0.1) is 10.2 Å². The Kier molecular flexibility index (Phi) is 6.06. The molecule has 4 heterocycles. The molecule has 0 saturated carbocycles. The second-order valence-corrected chi connectivity index (χ2v) is 9.66. The fraction of sp³-hybridized carbons (Fsp3) is 0.333. The maximum absolute atomic E-state index is 8.68. The molecule has 0 amide bonds. The van der Waals surface area contributed by atoms with Gasteiger partial charge >= 0.3 is 0 Å². The van der Waals surface area contributed by atoms with Crippen LogP contribution in [0.3, 0.4) is 0 Å². The third-order valence-corrected chi connectivity index (χ3v) is 7.06. The Balaban J connectivity index is 1.31. The third kappa shape index (κ3) is 4.29. The minimum Gasteiger partial charge on any atom is -0.486 e. The predicted molar refractivity (Wildman–Crippen MR) is 134 cm³/mol. The minimum atomic E-state index is -0.429. The van der Waals surface area contributed by atoms with Gasteiger partial charge in [0.25, 0.3) is 0 Å². The standard InChI is InChI=1S/C24H25Cl2N7O/c1-14(22-17(25)10-29-11-18(22)26)34-15-3-4-19(27)16(9-15)23(28)20-5-6-21(32-31-20)33-12-24(13-33)7-2-8-30-24/h3-6,9-11,14,28,30H,2,7-8,12-13,27H2,1H3/t14-/m1/s1. The average Bonchev–Trinajstić information content (AvgIpc) is 3.29. The van der Waals surface area contributed by atoms with Crippen LogP contribution in [-0.2, 0) is 0 Å². The Morgan fingerprint density at radius 3 is 2.59 bits per heavy atom. The van der Waals surface area contributed by atoms with Crippen molar-refractivity contribution in [2.45, 2.75) is 31.4 Å². The summed E-state index contributed by atoms with van der Waals surface area (Å²) in [7, 11) is 0. The van der Waals surface area contributed by atoms with Crippen LogP contribution in [0.15, 0.2) is 42.7 Å². The van der Waals surface area contributed by atoms with Crippen molar-refractivity contribution in [2.24, 2.45) is 0 Å². The molecule has 2 aliphatic heterocycles. The number of hydrogen-bond acceptors (Lipinski definition) is 8. The summed E-state index contributed by atoms with van der Waals surface area (Å²) in [6.45, 7) is 4.81. The van der Waals surface area contributed by atoms with Crippen LogP contribution in [-0.4, -0.2) is 46.1 Å². The van der Waals surface area contributed by atoms with Crippen molar-refractivity contribution in [2.75, 3.05) is 30.3 Å². The van der Waals surface area contributed by atoms with Crippen molar-refractivity contribution < 1.29 is 4.74 Å². The van der Waals surface area contributed by atoms with Gasteiger partial charge in [-0.05, 0) is 56.6 Å². The Morgan fingerprint density at radius 1 is 1.18 bits per heavy atom. The second kappa shape index (κ2) is 9.02. The Hall–Kier alpha value is -2.94. The number of ether oxygens (including phenoxy) is 1. The molecule has 4 N–H and O–H groups in total. The maximum atomic E-state index is 8.68. The molecule has 0 unspecified atom stereocenters. The van der Waals surface area contributed by atoms with Gasteiger partial charge in [-0.3, -0.25) is 10.4 Å². The van der Waals surface area contributed by atoms with Crippen molar-refractivity contribution in [3.63, 3.8) is 0 Å². The van der Waals surface area contributed by atoms with Gasteiger partial charge in [-0.25, -0.2) is 0 Å². The molecule has 34 heavy (non-hydrogen) atoms. The van der Waals surface area contributed by atoms with Crippen molar-refractivity contribution in [3.05, 3.63) is 69.6 Å². The lowest BCUT2D eigenvalue weighted by molar-refractivity contribution is 0.227. The summed E-state index contributed by atoms with van der Waals surface area (Å²) in [5.41, 5.74) is 8.65. The molecule has 2 aromatic heterocycles. The van der Waals surface area contributed by atoms with E-state index in [0.717, 1.165) is 25.5 Å². The van der Waals surface area contributed by atoms with Gasteiger partial charge in [0, 0.05) is 42.3 Å². The summed E-state index contributed by atoms with van der Waals surface area (Å²) in [4.78, 5) is 6.18. The number of nitrogens with two attached hydrogens (primary N) is 1. The molecule has 0 aliphatic carbocycles. The monoisotopic (exact) mass is 497 g/mol. The highest BCUT2D eigenvalue weighted by Gasteiger charge is 2.45. The molecule has 8 nitrogen and oxygen atoms in total. The molecular formula is C24H25Cl2N7O. The van der Waals surface area contributed by atoms with Crippen LogP contribution >= 0.6 is 23.2 Å². The number of benzene rings is 1. The van der Waals surface area contributed by atoms with E-state index in [1.165, 1.54) is 25.2 Å². The number of anilines is 2. The molecule has 1 atom stereocenters. The first-order chi connectivity index (χ1) is 16.3. The highest BCUT2D eigenvalue weighted by atomic mass is 35.5. The normalized spacial score (nSPS) is 17.4. The molecule has 2 aliphatic rings. The van der Waals surface area contributed by atoms with Crippen LogP contribution < -0.4 is 20.7 Å². The van der Waals surface area contributed by atoms with Crippen molar-refractivity contribution in [3.8, 4) is 5.75 Å². The van der Waals surface area contributed by atoms with Gasteiger partial charge in [-0.1, -0.05) is 23.2 Å². The van der Waals surface area contributed by atoms with Crippen molar-refractivity contribution in [1.82, 2.24) is 20.5 Å². The minimum absolute atomic E-state index is 0.173. The molecule has 0 bridgehead atoms. The average molecular weight is 498 g/mol. The molecule has 1 aromatic carbocycles.